The molecule has 2 heterocycles. The van der Waals surface area contributed by atoms with Gasteiger partial charge in [-0.1, -0.05) is 12.1 Å². The van der Waals surface area contributed by atoms with Gasteiger partial charge in [-0.2, -0.15) is 0 Å². The van der Waals surface area contributed by atoms with E-state index in [0.29, 0.717) is 26.1 Å². The zero-order chi connectivity index (χ0) is 17.5. The molecule has 130 valence electrons. The van der Waals surface area contributed by atoms with Crippen LogP contribution in [0.2, 0.25) is 0 Å². The van der Waals surface area contributed by atoms with Crippen molar-refractivity contribution >= 4 is 11.8 Å². The molecule has 0 aromatic heterocycles. The molecule has 2 amide bonds. The Kier molecular flexibility index (Phi) is 4.28. The molecule has 0 aliphatic carbocycles. The number of nitrogens with zero attached hydrogens (tertiary/aromatic N) is 2. The Bertz CT molecular complexity index is 644. The average molecular weight is 330 g/mol. The number of hydrogen-bond acceptors (Lipinski definition) is 3. The second kappa shape index (κ2) is 6.11. The van der Waals surface area contributed by atoms with Crippen LogP contribution in [0.3, 0.4) is 0 Å². The summed E-state index contributed by atoms with van der Waals surface area (Å²) in [6.07, 6.45) is 0.377. The van der Waals surface area contributed by atoms with E-state index in [9.17, 15) is 9.59 Å². The molecule has 5 nitrogen and oxygen atoms in total. The summed E-state index contributed by atoms with van der Waals surface area (Å²) in [5.41, 5.74) is 0.934. The van der Waals surface area contributed by atoms with Crippen LogP contribution in [0, 0.1) is 12.8 Å². The van der Waals surface area contributed by atoms with Gasteiger partial charge >= 0.3 is 0 Å². The smallest absolute Gasteiger partial charge is 0.228 e. The van der Waals surface area contributed by atoms with E-state index in [-0.39, 0.29) is 29.4 Å². The molecule has 1 aromatic rings. The standard InChI is InChI=1S/C19H26N2O3/c1-13-6-5-7-15(8-13)24-16-11-20(12-16)18(23)14-9-17(22)21(10-14)19(2,3)4/h5-8,14,16H,9-12H2,1-4H3/t14-/m0/s1. The third-order valence-electron chi connectivity index (χ3n) is 4.74. The molecule has 0 bridgehead atoms. The van der Waals surface area contributed by atoms with Crippen LogP contribution < -0.4 is 4.74 Å². The molecule has 1 atom stereocenters. The van der Waals surface area contributed by atoms with Crippen molar-refractivity contribution in [1.82, 2.24) is 9.80 Å². The van der Waals surface area contributed by atoms with Gasteiger partial charge in [0.15, 0.2) is 0 Å². The minimum atomic E-state index is -0.224. The summed E-state index contributed by atoms with van der Waals surface area (Å²) in [4.78, 5) is 28.3. The van der Waals surface area contributed by atoms with E-state index < -0.39 is 0 Å². The summed E-state index contributed by atoms with van der Waals surface area (Å²) < 4.78 is 5.90. The highest BCUT2D eigenvalue weighted by Gasteiger charge is 2.43. The molecule has 24 heavy (non-hydrogen) atoms. The van der Waals surface area contributed by atoms with Gasteiger partial charge in [-0.25, -0.2) is 0 Å². The fourth-order valence-corrected chi connectivity index (χ4v) is 3.35. The predicted molar refractivity (Wildman–Crippen MR) is 91.7 cm³/mol. The van der Waals surface area contributed by atoms with Gasteiger partial charge in [0, 0.05) is 18.5 Å². The Morgan fingerprint density at radius 2 is 1.92 bits per heavy atom. The minimum Gasteiger partial charge on any atom is -0.487 e. The lowest BCUT2D eigenvalue weighted by molar-refractivity contribution is -0.144. The normalized spacial score (nSPS) is 21.8. The van der Waals surface area contributed by atoms with Crippen molar-refractivity contribution in [3.8, 4) is 5.75 Å². The van der Waals surface area contributed by atoms with Crippen molar-refractivity contribution in [2.45, 2.75) is 45.8 Å². The lowest BCUT2D eigenvalue weighted by Gasteiger charge is -2.40. The second-order valence-electron chi connectivity index (χ2n) is 7.88. The third kappa shape index (κ3) is 3.40. The third-order valence-corrected chi connectivity index (χ3v) is 4.74. The topological polar surface area (TPSA) is 49.9 Å². The van der Waals surface area contributed by atoms with Crippen molar-refractivity contribution in [3.63, 3.8) is 0 Å². The zero-order valence-electron chi connectivity index (χ0n) is 14.9. The van der Waals surface area contributed by atoms with Crippen LogP contribution in [0.4, 0.5) is 0 Å². The predicted octanol–water partition coefficient (Wildman–Crippen LogP) is 2.23. The van der Waals surface area contributed by atoms with E-state index in [1.165, 1.54) is 0 Å². The van der Waals surface area contributed by atoms with E-state index in [4.69, 9.17) is 4.74 Å². The number of benzene rings is 1. The molecule has 2 saturated heterocycles. The summed E-state index contributed by atoms with van der Waals surface area (Å²) >= 11 is 0. The van der Waals surface area contributed by atoms with Gasteiger partial charge < -0.3 is 14.5 Å². The molecular weight excluding hydrogens is 304 g/mol. The molecule has 0 saturated carbocycles. The number of rotatable bonds is 3. The van der Waals surface area contributed by atoms with Gasteiger partial charge in [-0.3, -0.25) is 9.59 Å². The van der Waals surface area contributed by atoms with Gasteiger partial charge in [-0.05, 0) is 45.4 Å². The van der Waals surface area contributed by atoms with Crippen LogP contribution in [0.5, 0.6) is 5.75 Å². The number of amides is 2. The van der Waals surface area contributed by atoms with Crippen molar-refractivity contribution in [3.05, 3.63) is 29.8 Å². The number of hydrogen-bond donors (Lipinski definition) is 0. The van der Waals surface area contributed by atoms with E-state index in [0.717, 1.165) is 11.3 Å². The molecule has 0 spiro atoms. The molecule has 2 fully saturated rings. The van der Waals surface area contributed by atoms with Gasteiger partial charge in [0.2, 0.25) is 11.8 Å². The number of ether oxygens (including phenoxy) is 1. The molecule has 0 N–H and O–H groups in total. The maximum Gasteiger partial charge on any atom is 0.228 e. The van der Waals surface area contributed by atoms with Gasteiger partial charge in [-0.15, -0.1) is 0 Å². The Morgan fingerprint density at radius 3 is 2.50 bits per heavy atom. The number of carbonyl (C=O) groups is 2. The van der Waals surface area contributed by atoms with E-state index >= 15 is 0 Å². The molecular formula is C19H26N2O3. The molecule has 2 aliphatic heterocycles. The Labute approximate surface area is 143 Å². The first kappa shape index (κ1) is 16.8. The summed E-state index contributed by atoms with van der Waals surface area (Å²) in [5.74, 6) is 0.798. The van der Waals surface area contributed by atoms with Gasteiger partial charge in [0.1, 0.15) is 11.9 Å². The van der Waals surface area contributed by atoms with E-state index in [1.54, 1.807) is 0 Å². The average Bonchev–Trinajstić information content (AvgIpc) is 2.84. The number of aryl methyl sites for hydroxylation is 1. The highest BCUT2D eigenvalue weighted by Crippen LogP contribution is 2.29. The highest BCUT2D eigenvalue weighted by atomic mass is 16.5. The SMILES string of the molecule is Cc1cccc(OC2CN(C(=O)[C@H]3CC(=O)N(C(C)(C)C)C3)C2)c1. The van der Waals surface area contributed by atoms with Crippen LogP contribution >= 0.6 is 0 Å². The van der Waals surface area contributed by atoms with Gasteiger partial charge in [0.05, 0.1) is 19.0 Å². The van der Waals surface area contributed by atoms with E-state index in [1.807, 2.05) is 61.8 Å². The monoisotopic (exact) mass is 330 g/mol. The summed E-state index contributed by atoms with van der Waals surface area (Å²) in [6.45, 7) is 9.79. The fraction of sp³-hybridized carbons (Fsp3) is 0.579. The maximum atomic E-state index is 12.6. The first-order valence-corrected chi connectivity index (χ1v) is 8.56. The van der Waals surface area contributed by atoms with Crippen molar-refractivity contribution in [2.75, 3.05) is 19.6 Å². The lowest BCUT2D eigenvalue weighted by atomic mass is 10.0. The van der Waals surface area contributed by atoms with Crippen molar-refractivity contribution < 1.29 is 14.3 Å². The van der Waals surface area contributed by atoms with Crippen molar-refractivity contribution in [1.29, 1.82) is 0 Å². The minimum absolute atomic E-state index is 0.0478. The van der Waals surface area contributed by atoms with E-state index in [2.05, 4.69) is 0 Å². The fourth-order valence-electron chi connectivity index (χ4n) is 3.35. The highest BCUT2D eigenvalue weighted by molar-refractivity contribution is 5.90. The van der Waals surface area contributed by atoms with Crippen LogP contribution in [-0.4, -0.2) is 52.9 Å². The van der Waals surface area contributed by atoms with Crippen LogP contribution in [0.15, 0.2) is 24.3 Å². The molecule has 3 rings (SSSR count). The zero-order valence-corrected chi connectivity index (χ0v) is 14.9. The molecule has 0 unspecified atom stereocenters. The van der Waals surface area contributed by atoms with Crippen LogP contribution in [0.25, 0.3) is 0 Å². The molecule has 5 heteroatoms. The molecule has 2 aliphatic rings. The molecule has 0 radical (unpaired) electrons. The largest absolute Gasteiger partial charge is 0.487 e. The second-order valence-corrected chi connectivity index (χ2v) is 7.88. The van der Waals surface area contributed by atoms with Crippen LogP contribution in [-0.2, 0) is 9.59 Å². The first-order chi connectivity index (χ1) is 11.2. The first-order valence-electron chi connectivity index (χ1n) is 8.56. The Morgan fingerprint density at radius 1 is 1.21 bits per heavy atom. The van der Waals surface area contributed by atoms with Crippen LogP contribution in [0.1, 0.15) is 32.8 Å². The lowest BCUT2D eigenvalue weighted by Crippen LogP contribution is -2.58. The number of carbonyl (C=O) groups excluding carboxylic acids is 2. The van der Waals surface area contributed by atoms with Gasteiger partial charge in [0.25, 0.3) is 0 Å². The quantitative estimate of drug-likeness (QED) is 0.854. The summed E-state index contributed by atoms with van der Waals surface area (Å²) in [5, 5.41) is 0. The maximum absolute atomic E-state index is 12.6. The molecule has 1 aromatic carbocycles. The Balaban J connectivity index is 1.51. The Hall–Kier alpha value is -2.04. The summed E-state index contributed by atoms with van der Waals surface area (Å²) in [7, 11) is 0. The van der Waals surface area contributed by atoms with Crippen molar-refractivity contribution in [2.24, 2.45) is 5.92 Å². The number of likely N-dealkylation sites (tertiary alicyclic amines) is 2. The summed E-state index contributed by atoms with van der Waals surface area (Å²) in [6, 6.07) is 7.94.